The Balaban J connectivity index is 1.68. The molecule has 0 unspecified atom stereocenters. The molecule has 3 heterocycles. The van der Waals surface area contributed by atoms with Crippen molar-refractivity contribution in [3.05, 3.63) is 57.3 Å². The lowest BCUT2D eigenvalue weighted by atomic mass is 9.95. The molecule has 2 aliphatic rings. The Labute approximate surface area is 170 Å². The summed E-state index contributed by atoms with van der Waals surface area (Å²) in [4.78, 5) is 39.9. The number of nitrogens with one attached hydrogen (secondary N) is 1. The van der Waals surface area contributed by atoms with Crippen LogP contribution in [0, 0.1) is 0 Å². The van der Waals surface area contributed by atoms with Gasteiger partial charge in [-0.3, -0.25) is 14.4 Å². The summed E-state index contributed by atoms with van der Waals surface area (Å²) in [5.41, 5.74) is 0.741. The summed E-state index contributed by atoms with van der Waals surface area (Å²) in [5, 5.41) is 1.82. The van der Waals surface area contributed by atoms with Crippen LogP contribution >= 0.6 is 0 Å². The number of fused-ring (bicyclic) bond motifs is 1. The summed E-state index contributed by atoms with van der Waals surface area (Å²) < 4.78 is 40.8. The SMILES string of the molecule is Cn1cccc1C(=O)N1CCc2c(cn(C3CC3)c(=O)c2C(=O)NCC(F)(F)F)C1. The van der Waals surface area contributed by atoms with Gasteiger partial charge in [0.2, 0.25) is 0 Å². The first-order valence-corrected chi connectivity index (χ1v) is 9.68. The molecule has 0 aromatic carbocycles. The summed E-state index contributed by atoms with van der Waals surface area (Å²) in [6, 6.07) is 3.41. The molecule has 1 aliphatic heterocycles. The molecule has 30 heavy (non-hydrogen) atoms. The summed E-state index contributed by atoms with van der Waals surface area (Å²) in [7, 11) is 1.76. The van der Waals surface area contributed by atoms with Crippen LogP contribution in [0.1, 0.15) is 50.9 Å². The summed E-state index contributed by atoms with van der Waals surface area (Å²) in [6.07, 6.45) is 0.612. The van der Waals surface area contributed by atoms with Gasteiger partial charge in [0.1, 0.15) is 17.8 Å². The Hall–Kier alpha value is -3.04. The number of carbonyl (C=O) groups is 2. The maximum atomic E-state index is 12.9. The van der Waals surface area contributed by atoms with E-state index in [9.17, 15) is 27.6 Å². The van der Waals surface area contributed by atoms with Gasteiger partial charge >= 0.3 is 6.18 Å². The van der Waals surface area contributed by atoms with Gasteiger partial charge in [0.15, 0.2) is 0 Å². The highest BCUT2D eigenvalue weighted by atomic mass is 19.4. The first kappa shape index (κ1) is 20.2. The van der Waals surface area contributed by atoms with E-state index in [1.807, 2.05) is 5.32 Å². The van der Waals surface area contributed by atoms with Crippen molar-refractivity contribution < 1.29 is 22.8 Å². The number of alkyl halides is 3. The van der Waals surface area contributed by atoms with E-state index in [0.29, 0.717) is 16.8 Å². The van der Waals surface area contributed by atoms with Gasteiger partial charge in [0.05, 0.1) is 0 Å². The van der Waals surface area contributed by atoms with Crippen molar-refractivity contribution in [3.8, 4) is 0 Å². The molecule has 0 atom stereocenters. The van der Waals surface area contributed by atoms with Crippen LogP contribution < -0.4 is 10.9 Å². The Bertz CT molecular complexity index is 1070. The number of nitrogens with zero attached hydrogens (tertiary/aromatic N) is 3. The molecular weight excluding hydrogens is 401 g/mol. The molecule has 1 saturated carbocycles. The predicted molar refractivity (Wildman–Crippen MR) is 101 cm³/mol. The van der Waals surface area contributed by atoms with E-state index in [1.165, 1.54) is 4.57 Å². The smallest absolute Gasteiger partial charge is 0.347 e. The maximum absolute atomic E-state index is 12.9. The van der Waals surface area contributed by atoms with E-state index < -0.39 is 24.2 Å². The summed E-state index contributed by atoms with van der Waals surface area (Å²) in [5.74, 6) is -1.20. The number of rotatable bonds is 4. The predicted octanol–water partition coefficient (Wildman–Crippen LogP) is 2.01. The second-order valence-corrected chi connectivity index (χ2v) is 7.73. The number of halogens is 3. The van der Waals surface area contributed by atoms with Gasteiger partial charge < -0.3 is 19.4 Å². The van der Waals surface area contributed by atoms with Crippen LogP contribution in [-0.2, 0) is 20.0 Å². The summed E-state index contributed by atoms with van der Waals surface area (Å²) >= 11 is 0. The average molecular weight is 422 g/mol. The zero-order valence-electron chi connectivity index (χ0n) is 16.3. The fourth-order valence-electron chi connectivity index (χ4n) is 3.82. The lowest BCUT2D eigenvalue weighted by molar-refractivity contribution is -0.123. The highest BCUT2D eigenvalue weighted by molar-refractivity contribution is 5.96. The highest BCUT2D eigenvalue weighted by Crippen LogP contribution is 2.35. The lowest BCUT2D eigenvalue weighted by Crippen LogP contribution is -2.43. The largest absolute Gasteiger partial charge is 0.405 e. The molecular formula is C20H21F3N4O3. The highest BCUT2D eigenvalue weighted by Gasteiger charge is 2.34. The normalized spacial score (nSPS) is 16.3. The number of hydrogen-bond donors (Lipinski definition) is 1. The number of aromatic nitrogens is 2. The first-order chi connectivity index (χ1) is 14.2. The Morgan fingerprint density at radius 1 is 1.27 bits per heavy atom. The molecule has 1 fully saturated rings. The molecule has 7 nitrogen and oxygen atoms in total. The van der Waals surface area contributed by atoms with Crippen LogP contribution in [0.25, 0.3) is 0 Å². The number of amides is 2. The molecule has 1 N–H and O–H groups in total. The molecule has 2 aromatic heterocycles. The standard InChI is InChI=1S/C20H21F3N4O3/c1-25-7-2-3-15(25)18(29)26-8-6-14-12(9-26)10-27(13-4-5-13)19(30)16(14)17(28)24-11-20(21,22)23/h2-3,7,10,13H,4-6,8-9,11H2,1H3,(H,24,28). The van der Waals surface area contributed by atoms with Gasteiger partial charge in [0.25, 0.3) is 17.4 Å². The number of pyridine rings is 1. The second kappa shape index (κ2) is 7.33. The van der Waals surface area contributed by atoms with Crippen molar-refractivity contribution in [2.75, 3.05) is 13.1 Å². The van der Waals surface area contributed by atoms with Crippen LogP contribution in [-0.4, -0.2) is 45.1 Å². The Morgan fingerprint density at radius 2 is 2.00 bits per heavy atom. The van der Waals surface area contributed by atoms with Crippen LogP contribution in [0.2, 0.25) is 0 Å². The van der Waals surface area contributed by atoms with Gasteiger partial charge in [-0.05, 0) is 42.5 Å². The Morgan fingerprint density at radius 3 is 2.60 bits per heavy atom. The monoisotopic (exact) mass is 422 g/mol. The van der Waals surface area contributed by atoms with E-state index >= 15 is 0 Å². The van der Waals surface area contributed by atoms with Crippen molar-refractivity contribution in [1.29, 1.82) is 0 Å². The molecule has 10 heteroatoms. The van der Waals surface area contributed by atoms with Crippen LogP contribution in [0.3, 0.4) is 0 Å². The maximum Gasteiger partial charge on any atom is 0.405 e. The van der Waals surface area contributed by atoms with Crippen LogP contribution in [0.15, 0.2) is 29.3 Å². The second-order valence-electron chi connectivity index (χ2n) is 7.73. The lowest BCUT2D eigenvalue weighted by Gasteiger charge is -2.30. The zero-order valence-corrected chi connectivity index (χ0v) is 16.3. The van der Waals surface area contributed by atoms with E-state index in [4.69, 9.17) is 0 Å². The number of carbonyl (C=O) groups excluding carboxylic acids is 2. The minimum absolute atomic E-state index is 0.0593. The van der Waals surface area contributed by atoms with E-state index in [2.05, 4.69) is 0 Å². The molecule has 0 bridgehead atoms. The van der Waals surface area contributed by atoms with Gasteiger partial charge in [-0.15, -0.1) is 0 Å². The molecule has 2 aromatic rings. The van der Waals surface area contributed by atoms with Gasteiger partial charge in [-0.25, -0.2) is 0 Å². The molecule has 160 valence electrons. The summed E-state index contributed by atoms with van der Waals surface area (Å²) in [6.45, 7) is -1.05. The zero-order chi connectivity index (χ0) is 21.6. The number of hydrogen-bond acceptors (Lipinski definition) is 3. The quantitative estimate of drug-likeness (QED) is 0.819. The van der Waals surface area contributed by atoms with Gasteiger partial charge in [-0.1, -0.05) is 0 Å². The molecule has 1 aliphatic carbocycles. The fraction of sp³-hybridized carbons (Fsp3) is 0.450. The van der Waals surface area contributed by atoms with Gasteiger partial charge in [-0.2, -0.15) is 13.2 Å². The third kappa shape index (κ3) is 3.86. The minimum atomic E-state index is -4.57. The topological polar surface area (TPSA) is 76.3 Å². The van der Waals surface area contributed by atoms with Crippen molar-refractivity contribution in [1.82, 2.24) is 19.4 Å². The van der Waals surface area contributed by atoms with Crippen molar-refractivity contribution >= 4 is 11.8 Å². The minimum Gasteiger partial charge on any atom is -0.347 e. The molecule has 0 radical (unpaired) electrons. The van der Waals surface area contributed by atoms with Crippen LogP contribution in [0.5, 0.6) is 0 Å². The van der Waals surface area contributed by atoms with E-state index in [-0.39, 0.29) is 37.0 Å². The average Bonchev–Trinajstić information content (AvgIpc) is 3.44. The third-order valence-corrected chi connectivity index (χ3v) is 5.49. The molecule has 0 spiro atoms. The fourth-order valence-corrected chi connectivity index (χ4v) is 3.82. The third-order valence-electron chi connectivity index (χ3n) is 5.49. The molecule has 2 amide bonds. The van der Waals surface area contributed by atoms with E-state index in [1.54, 1.807) is 41.0 Å². The van der Waals surface area contributed by atoms with Crippen molar-refractivity contribution in [2.45, 2.75) is 38.0 Å². The van der Waals surface area contributed by atoms with E-state index in [0.717, 1.165) is 12.8 Å². The van der Waals surface area contributed by atoms with Gasteiger partial charge in [0, 0.05) is 38.6 Å². The molecule has 4 rings (SSSR count). The number of aryl methyl sites for hydroxylation is 1. The molecule has 0 saturated heterocycles. The van der Waals surface area contributed by atoms with Crippen LogP contribution in [0.4, 0.5) is 13.2 Å². The van der Waals surface area contributed by atoms with Crippen molar-refractivity contribution in [2.24, 2.45) is 7.05 Å². The Kier molecular flexibility index (Phi) is 4.95. The first-order valence-electron chi connectivity index (χ1n) is 9.68. The van der Waals surface area contributed by atoms with Crippen molar-refractivity contribution in [3.63, 3.8) is 0 Å².